The topological polar surface area (TPSA) is 84.9 Å². The Morgan fingerprint density at radius 1 is 1.18 bits per heavy atom. The van der Waals surface area contributed by atoms with Gasteiger partial charge in [0, 0.05) is 12.1 Å². The molecule has 0 aliphatic rings. The predicted octanol–water partition coefficient (Wildman–Crippen LogP) is 2.24. The molecule has 0 aliphatic heterocycles. The van der Waals surface area contributed by atoms with Crippen LogP contribution in [0.1, 0.15) is 36.2 Å². The maximum atomic E-state index is 12.2. The van der Waals surface area contributed by atoms with Gasteiger partial charge in [0.1, 0.15) is 0 Å². The molecule has 122 valence electrons. The third-order valence-electron chi connectivity index (χ3n) is 3.59. The third-order valence-corrected chi connectivity index (χ3v) is 3.59. The Kier molecular flexibility index (Phi) is 5.79. The Morgan fingerprint density at radius 2 is 1.73 bits per heavy atom. The van der Waals surface area contributed by atoms with Crippen molar-refractivity contribution in [1.82, 2.24) is 5.32 Å². The Morgan fingerprint density at radius 3 is 2.23 bits per heavy atom. The van der Waals surface area contributed by atoms with Crippen molar-refractivity contribution in [1.29, 1.82) is 0 Å². The van der Waals surface area contributed by atoms with Gasteiger partial charge in [-0.05, 0) is 44.9 Å². The quantitative estimate of drug-likeness (QED) is 0.807. The fourth-order valence-electron chi connectivity index (χ4n) is 1.92. The highest BCUT2D eigenvalue weighted by atomic mass is 16.5. The van der Waals surface area contributed by atoms with Crippen LogP contribution in [0.5, 0.6) is 11.5 Å². The zero-order valence-electron chi connectivity index (χ0n) is 13.6. The second-order valence-corrected chi connectivity index (χ2v) is 5.72. The zero-order valence-corrected chi connectivity index (χ0v) is 13.6. The first-order valence-electron chi connectivity index (χ1n) is 6.97. The third kappa shape index (κ3) is 4.13. The first-order chi connectivity index (χ1) is 10.2. The largest absolute Gasteiger partial charge is 0.493 e. The Hall–Kier alpha value is -2.24. The number of nitrogens with one attached hydrogen (secondary N) is 1. The molecule has 0 saturated heterocycles. The summed E-state index contributed by atoms with van der Waals surface area (Å²) in [5.41, 5.74) is 0.360. The molecule has 6 heteroatoms. The van der Waals surface area contributed by atoms with Crippen LogP contribution in [0.25, 0.3) is 0 Å². The number of hydrogen-bond acceptors (Lipinski definition) is 4. The summed E-state index contributed by atoms with van der Waals surface area (Å²) in [5.74, 6) is -0.114. The number of aryl methyl sites for hydroxylation is 1. The minimum Gasteiger partial charge on any atom is -0.493 e. The molecule has 2 N–H and O–H groups in total. The number of ether oxygens (including phenoxy) is 2. The molecule has 0 heterocycles. The number of aliphatic carboxylic acids is 1. The fourth-order valence-corrected chi connectivity index (χ4v) is 1.92. The smallest absolute Gasteiger partial charge is 0.309 e. The molecule has 0 bridgehead atoms. The van der Waals surface area contributed by atoms with Crippen LogP contribution in [-0.4, -0.2) is 37.7 Å². The van der Waals surface area contributed by atoms with Gasteiger partial charge in [0.05, 0.1) is 19.6 Å². The summed E-state index contributed by atoms with van der Waals surface area (Å²) in [7, 11) is 3.04. The molecule has 0 fully saturated rings. The maximum absolute atomic E-state index is 12.2. The summed E-state index contributed by atoms with van der Waals surface area (Å²) in [6.45, 7) is 5.34. The van der Waals surface area contributed by atoms with Gasteiger partial charge in [-0.25, -0.2) is 0 Å². The summed E-state index contributed by atoms with van der Waals surface area (Å²) >= 11 is 0. The zero-order chi connectivity index (χ0) is 16.9. The highest BCUT2D eigenvalue weighted by Crippen LogP contribution is 2.30. The van der Waals surface area contributed by atoms with E-state index in [-0.39, 0.29) is 12.5 Å². The van der Waals surface area contributed by atoms with Gasteiger partial charge in [-0.15, -0.1) is 0 Å². The first kappa shape index (κ1) is 17.8. The van der Waals surface area contributed by atoms with E-state index in [9.17, 15) is 9.59 Å². The lowest BCUT2D eigenvalue weighted by atomic mass is 9.89. The van der Waals surface area contributed by atoms with Crippen LogP contribution in [0.3, 0.4) is 0 Å². The Labute approximate surface area is 130 Å². The fraction of sp³-hybridized carbons (Fsp3) is 0.500. The number of carbonyl (C=O) groups excluding carboxylic acids is 1. The van der Waals surface area contributed by atoms with E-state index in [2.05, 4.69) is 5.32 Å². The van der Waals surface area contributed by atoms with Crippen LogP contribution >= 0.6 is 0 Å². The van der Waals surface area contributed by atoms with Crippen LogP contribution in [0, 0.1) is 12.3 Å². The minimum atomic E-state index is -0.885. The second kappa shape index (κ2) is 7.15. The van der Waals surface area contributed by atoms with Crippen LogP contribution in [0.4, 0.5) is 0 Å². The monoisotopic (exact) mass is 309 g/mol. The van der Waals surface area contributed by atoms with Crippen LogP contribution < -0.4 is 14.8 Å². The number of hydrogen-bond donors (Lipinski definition) is 2. The SMILES string of the molecule is COc1cc(C)c(C(=O)NCCC(C)(C)C(=O)O)cc1OC. The molecule has 1 aromatic carbocycles. The van der Waals surface area contributed by atoms with Crippen molar-refractivity contribution >= 4 is 11.9 Å². The van der Waals surface area contributed by atoms with Gasteiger partial charge in [-0.3, -0.25) is 9.59 Å². The molecular weight excluding hydrogens is 286 g/mol. The number of carboxylic acids is 1. The van der Waals surface area contributed by atoms with Crippen molar-refractivity contribution in [3.63, 3.8) is 0 Å². The first-order valence-corrected chi connectivity index (χ1v) is 6.97. The Bertz CT molecular complexity index is 566. The second-order valence-electron chi connectivity index (χ2n) is 5.72. The van der Waals surface area contributed by atoms with E-state index in [0.29, 0.717) is 23.5 Å². The van der Waals surface area contributed by atoms with Gasteiger partial charge in [0.15, 0.2) is 11.5 Å². The standard InChI is InChI=1S/C16H23NO5/c1-10-8-12(21-4)13(22-5)9-11(10)14(18)17-7-6-16(2,3)15(19)20/h8-9H,6-7H2,1-5H3,(H,17,18)(H,19,20). The van der Waals surface area contributed by atoms with Crippen LogP contribution in [0.2, 0.25) is 0 Å². The molecular formula is C16H23NO5. The number of benzene rings is 1. The van der Waals surface area contributed by atoms with Crippen molar-refractivity contribution in [3.8, 4) is 11.5 Å². The van der Waals surface area contributed by atoms with Crippen molar-refractivity contribution in [2.45, 2.75) is 27.2 Å². The number of rotatable bonds is 7. The van der Waals surface area contributed by atoms with Gasteiger partial charge in [-0.1, -0.05) is 0 Å². The number of amides is 1. The van der Waals surface area contributed by atoms with Crippen molar-refractivity contribution in [3.05, 3.63) is 23.3 Å². The van der Waals surface area contributed by atoms with Gasteiger partial charge in [-0.2, -0.15) is 0 Å². The lowest BCUT2D eigenvalue weighted by molar-refractivity contribution is -0.147. The van der Waals surface area contributed by atoms with Crippen molar-refractivity contribution in [2.24, 2.45) is 5.41 Å². The molecule has 0 spiro atoms. The van der Waals surface area contributed by atoms with E-state index in [1.807, 2.05) is 0 Å². The molecule has 1 aromatic rings. The highest BCUT2D eigenvalue weighted by Gasteiger charge is 2.26. The van der Waals surface area contributed by atoms with Crippen molar-refractivity contribution in [2.75, 3.05) is 20.8 Å². The molecule has 1 rings (SSSR count). The number of carboxylic acid groups (broad SMARTS) is 1. The van der Waals surface area contributed by atoms with E-state index in [0.717, 1.165) is 5.56 Å². The summed E-state index contributed by atoms with van der Waals surface area (Å²) in [6, 6.07) is 3.35. The predicted molar refractivity (Wildman–Crippen MR) is 82.7 cm³/mol. The van der Waals surface area contributed by atoms with Gasteiger partial charge in [0.2, 0.25) is 0 Å². The van der Waals surface area contributed by atoms with Crippen molar-refractivity contribution < 1.29 is 24.2 Å². The van der Waals surface area contributed by atoms with E-state index in [1.54, 1.807) is 32.9 Å². The van der Waals surface area contributed by atoms with Gasteiger partial charge >= 0.3 is 5.97 Å². The highest BCUT2D eigenvalue weighted by molar-refractivity contribution is 5.96. The molecule has 0 unspecified atom stereocenters. The summed E-state index contributed by atoms with van der Waals surface area (Å²) in [6.07, 6.45) is 0.348. The van der Waals surface area contributed by atoms with E-state index in [4.69, 9.17) is 14.6 Å². The summed E-state index contributed by atoms with van der Waals surface area (Å²) in [5, 5.41) is 11.8. The average Bonchev–Trinajstić information content (AvgIpc) is 2.46. The summed E-state index contributed by atoms with van der Waals surface area (Å²) in [4.78, 5) is 23.3. The maximum Gasteiger partial charge on any atom is 0.309 e. The summed E-state index contributed by atoms with van der Waals surface area (Å²) < 4.78 is 10.4. The number of methoxy groups -OCH3 is 2. The molecule has 22 heavy (non-hydrogen) atoms. The minimum absolute atomic E-state index is 0.264. The molecule has 0 aromatic heterocycles. The van der Waals surface area contributed by atoms with E-state index in [1.165, 1.54) is 14.2 Å². The van der Waals surface area contributed by atoms with Crippen LogP contribution in [0.15, 0.2) is 12.1 Å². The normalized spacial score (nSPS) is 11.0. The van der Waals surface area contributed by atoms with Gasteiger partial charge < -0.3 is 19.9 Å². The van der Waals surface area contributed by atoms with E-state index < -0.39 is 11.4 Å². The Balaban J connectivity index is 2.80. The average molecular weight is 309 g/mol. The molecule has 0 saturated carbocycles. The molecule has 6 nitrogen and oxygen atoms in total. The lowest BCUT2D eigenvalue weighted by Gasteiger charge is -2.19. The molecule has 0 atom stereocenters. The number of carbonyl (C=O) groups is 2. The molecule has 0 aliphatic carbocycles. The lowest BCUT2D eigenvalue weighted by Crippen LogP contribution is -2.32. The van der Waals surface area contributed by atoms with Crippen LogP contribution in [-0.2, 0) is 4.79 Å². The van der Waals surface area contributed by atoms with E-state index >= 15 is 0 Å². The molecule has 0 radical (unpaired) electrons. The van der Waals surface area contributed by atoms with Gasteiger partial charge in [0.25, 0.3) is 5.91 Å². The molecule has 1 amide bonds.